The van der Waals surface area contributed by atoms with E-state index in [1.807, 2.05) is 31.2 Å². The molecule has 4 nitrogen and oxygen atoms in total. The van der Waals surface area contributed by atoms with Gasteiger partial charge in [0.1, 0.15) is 12.4 Å². The minimum absolute atomic E-state index is 0.447. The van der Waals surface area contributed by atoms with E-state index in [0.717, 1.165) is 23.0 Å². The van der Waals surface area contributed by atoms with Crippen LogP contribution in [0.25, 0.3) is 10.9 Å². The topological polar surface area (TPSA) is 62.2 Å². The molecule has 2 aromatic rings. The lowest BCUT2D eigenvalue weighted by molar-refractivity contribution is -0.307. The predicted octanol–water partition coefficient (Wildman–Crippen LogP) is 0.926. The molecule has 0 N–H and O–H groups in total. The number of carbonyl (C=O) groups is 1. The van der Waals surface area contributed by atoms with Crippen molar-refractivity contribution in [2.75, 3.05) is 6.61 Å². The maximum atomic E-state index is 10.4. The van der Waals surface area contributed by atoms with E-state index in [1.54, 1.807) is 6.07 Å². The number of aromatic nitrogens is 1. The summed E-state index contributed by atoms with van der Waals surface area (Å²) in [5.41, 5.74) is 1.68. The number of carboxylic acid groups (broad SMARTS) is 1. The molecule has 0 saturated carbocycles. The minimum atomic E-state index is -1.23. The lowest BCUT2D eigenvalue weighted by Crippen LogP contribution is -2.29. The number of rotatable bonds is 4. The van der Waals surface area contributed by atoms with E-state index in [2.05, 4.69) is 4.98 Å². The lowest BCUT2D eigenvalue weighted by Gasteiger charge is -2.11. The zero-order chi connectivity index (χ0) is 12.3. The number of fused-ring (bicyclic) bond motifs is 1. The Morgan fingerprint density at radius 3 is 2.88 bits per heavy atom. The van der Waals surface area contributed by atoms with Gasteiger partial charge in [0.25, 0.3) is 0 Å². The number of carbonyl (C=O) groups excluding carboxylic acids is 1. The summed E-state index contributed by atoms with van der Waals surface area (Å²) >= 11 is 0. The van der Waals surface area contributed by atoms with Crippen LogP contribution >= 0.6 is 0 Å². The van der Waals surface area contributed by atoms with Crippen LogP contribution < -0.4 is 9.84 Å². The second-order valence-electron chi connectivity index (χ2n) is 3.64. The highest BCUT2D eigenvalue weighted by molar-refractivity contribution is 5.85. The maximum absolute atomic E-state index is 10.4. The second-order valence-corrected chi connectivity index (χ2v) is 3.64. The quantitative estimate of drug-likeness (QED) is 0.783. The smallest absolute Gasteiger partial charge is 0.131 e. The molecule has 2 rings (SSSR count). The Balaban J connectivity index is 2.46. The van der Waals surface area contributed by atoms with Gasteiger partial charge in [-0.3, -0.25) is 4.98 Å². The first kappa shape index (κ1) is 11.4. The van der Waals surface area contributed by atoms with Crippen molar-refractivity contribution >= 4 is 16.9 Å². The van der Waals surface area contributed by atoms with Crippen molar-refractivity contribution in [2.45, 2.75) is 13.3 Å². The average molecular weight is 230 g/mol. The molecule has 0 aliphatic carbocycles. The first-order valence-electron chi connectivity index (χ1n) is 5.42. The Hall–Kier alpha value is -2.10. The zero-order valence-electron chi connectivity index (χ0n) is 9.47. The summed E-state index contributed by atoms with van der Waals surface area (Å²) in [6.07, 6.45) is 0.770. The van der Waals surface area contributed by atoms with Crippen molar-refractivity contribution in [3.05, 3.63) is 36.0 Å². The molecule has 1 aromatic carbocycles. The van der Waals surface area contributed by atoms with Gasteiger partial charge in [0, 0.05) is 17.1 Å². The molecule has 0 amide bonds. The summed E-state index contributed by atoms with van der Waals surface area (Å²) < 4.78 is 5.22. The van der Waals surface area contributed by atoms with Crippen LogP contribution in [-0.4, -0.2) is 17.6 Å². The van der Waals surface area contributed by atoms with E-state index in [1.165, 1.54) is 0 Å². The van der Waals surface area contributed by atoms with Gasteiger partial charge in [0.15, 0.2) is 0 Å². The van der Waals surface area contributed by atoms with Crippen LogP contribution in [0, 0.1) is 0 Å². The highest BCUT2D eigenvalue weighted by Crippen LogP contribution is 2.25. The summed E-state index contributed by atoms with van der Waals surface area (Å²) in [6.45, 7) is 1.54. The Kier molecular flexibility index (Phi) is 3.23. The molecule has 0 atom stereocenters. The van der Waals surface area contributed by atoms with Gasteiger partial charge >= 0.3 is 0 Å². The van der Waals surface area contributed by atoms with Crippen LogP contribution in [0.2, 0.25) is 0 Å². The Bertz CT molecular complexity index is 551. The first-order valence-corrected chi connectivity index (χ1v) is 5.42. The van der Waals surface area contributed by atoms with Gasteiger partial charge in [-0.25, -0.2) is 0 Å². The number of hydrogen-bond acceptors (Lipinski definition) is 4. The number of para-hydroxylation sites is 1. The van der Waals surface area contributed by atoms with E-state index in [-0.39, 0.29) is 0 Å². The molecular weight excluding hydrogens is 218 g/mol. The summed E-state index contributed by atoms with van der Waals surface area (Å²) in [4.78, 5) is 14.8. The maximum Gasteiger partial charge on any atom is 0.131 e. The van der Waals surface area contributed by atoms with Gasteiger partial charge in [0.2, 0.25) is 0 Å². The molecule has 0 aliphatic heterocycles. The SMILES string of the molecule is CCc1cc(OCC(=O)[O-])c2ccccc2n1. The van der Waals surface area contributed by atoms with Crippen molar-refractivity contribution in [1.29, 1.82) is 0 Å². The van der Waals surface area contributed by atoms with Gasteiger partial charge in [-0.05, 0) is 18.6 Å². The Labute approximate surface area is 98.9 Å². The van der Waals surface area contributed by atoms with Crippen LogP contribution in [-0.2, 0) is 11.2 Å². The number of nitrogens with zero attached hydrogens (tertiary/aromatic N) is 1. The van der Waals surface area contributed by atoms with E-state index < -0.39 is 12.6 Å². The zero-order valence-corrected chi connectivity index (χ0v) is 9.47. The van der Waals surface area contributed by atoms with E-state index in [9.17, 15) is 9.90 Å². The average Bonchev–Trinajstić information content (AvgIpc) is 2.35. The van der Waals surface area contributed by atoms with Crippen molar-refractivity contribution < 1.29 is 14.6 Å². The number of hydrogen-bond donors (Lipinski definition) is 0. The van der Waals surface area contributed by atoms with Gasteiger partial charge in [-0.15, -0.1) is 0 Å². The molecule has 0 bridgehead atoms. The molecule has 1 heterocycles. The van der Waals surface area contributed by atoms with Crippen molar-refractivity contribution in [1.82, 2.24) is 4.98 Å². The number of ether oxygens (including phenoxy) is 1. The fourth-order valence-electron chi connectivity index (χ4n) is 1.63. The molecular formula is C13H12NO3-. The van der Waals surface area contributed by atoms with Gasteiger partial charge < -0.3 is 14.6 Å². The largest absolute Gasteiger partial charge is 0.546 e. The van der Waals surface area contributed by atoms with Crippen LogP contribution in [0.3, 0.4) is 0 Å². The molecule has 1 aromatic heterocycles. The van der Waals surface area contributed by atoms with Crippen LogP contribution in [0.15, 0.2) is 30.3 Å². The second kappa shape index (κ2) is 4.82. The van der Waals surface area contributed by atoms with E-state index in [4.69, 9.17) is 4.74 Å². The van der Waals surface area contributed by atoms with Gasteiger partial charge in [0.05, 0.1) is 11.5 Å². The Morgan fingerprint density at radius 1 is 1.41 bits per heavy atom. The molecule has 0 radical (unpaired) electrons. The molecule has 0 fully saturated rings. The highest BCUT2D eigenvalue weighted by Gasteiger charge is 2.05. The van der Waals surface area contributed by atoms with Crippen LogP contribution in [0.1, 0.15) is 12.6 Å². The van der Waals surface area contributed by atoms with Crippen molar-refractivity contribution in [2.24, 2.45) is 0 Å². The fraction of sp³-hybridized carbons (Fsp3) is 0.231. The number of benzene rings is 1. The van der Waals surface area contributed by atoms with Crippen molar-refractivity contribution in [3.63, 3.8) is 0 Å². The molecule has 0 spiro atoms. The lowest BCUT2D eigenvalue weighted by atomic mass is 10.1. The fourth-order valence-corrected chi connectivity index (χ4v) is 1.63. The highest BCUT2D eigenvalue weighted by atomic mass is 16.5. The number of pyridine rings is 1. The van der Waals surface area contributed by atoms with Crippen LogP contribution in [0.4, 0.5) is 0 Å². The summed E-state index contributed by atoms with van der Waals surface area (Å²) in [7, 11) is 0. The monoisotopic (exact) mass is 230 g/mol. The molecule has 17 heavy (non-hydrogen) atoms. The van der Waals surface area contributed by atoms with Gasteiger partial charge in [-0.2, -0.15) is 0 Å². The number of carboxylic acids is 1. The first-order chi connectivity index (χ1) is 8.20. The summed E-state index contributed by atoms with van der Waals surface area (Å²) in [6, 6.07) is 9.25. The third-order valence-corrected chi connectivity index (χ3v) is 2.44. The third kappa shape index (κ3) is 2.53. The van der Waals surface area contributed by atoms with Crippen LogP contribution in [0.5, 0.6) is 5.75 Å². The minimum Gasteiger partial charge on any atom is -0.546 e. The molecule has 0 saturated heterocycles. The Morgan fingerprint density at radius 2 is 2.18 bits per heavy atom. The standard InChI is InChI=1S/C13H13NO3/c1-2-9-7-12(17-8-13(15)16)10-5-3-4-6-11(10)14-9/h3-7H,2,8H2,1H3,(H,15,16)/p-1. The van der Waals surface area contributed by atoms with Gasteiger partial charge in [-0.1, -0.05) is 19.1 Å². The van der Waals surface area contributed by atoms with E-state index >= 15 is 0 Å². The third-order valence-electron chi connectivity index (χ3n) is 2.44. The molecule has 0 unspecified atom stereocenters. The molecule has 0 aliphatic rings. The normalized spacial score (nSPS) is 10.4. The molecule has 4 heteroatoms. The summed E-state index contributed by atoms with van der Waals surface area (Å²) in [5.74, 6) is -0.694. The number of aryl methyl sites for hydroxylation is 1. The predicted molar refractivity (Wildman–Crippen MR) is 61.6 cm³/mol. The molecule has 88 valence electrons. The summed E-state index contributed by atoms with van der Waals surface area (Å²) in [5, 5.41) is 11.2. The van der Waals surface area contributed by atoms with Crippen molar-refractivity contribution in [3.8, 4) is 5.75 Å². The number of aliphatic carboxylic acids is 1. The van der Waals surface area contributed by atoms with E-state index in [0.29, 0.717) is 5.75 Å².